The molecule has 1 saturated heterocycles. The lowest BCUT2D eigenvalue weighted by Gasteiger charge is -2.31. The number of carbonyl (C=O) groups is 6. The predicted octanol–water partition coefficient (Wildman–Crippen LogP) is 13.7. The quantitative estimate of drug-likeness (QED) is 0.0215. The zero-order valence-corrected chi connectivity index (χ0v) is 85.7. The summed E-state index contributed by atoms with van der Waals surface area (Å²) < 4.78 is 122. The van der Waals surface area contributed by atoms with Crippen LogP contribution in [0.1, 0.15) is 148 Å². The summed E-state index contributed by atoms with van der Waals surface area (Å²) in [6, 6.07) is 40.8. The minimum atomic E-state index is -4.12. The lowest BCUT2D eigenvalue weighted by molar-refractivity contribution is -0.124. The number of nitrogens with one attached hydrogen (secondary N) is 4. The normalized spacial score (nSPS) is 17.4. The summed E-state index contributed by atoms with van der Waals surface area (Å²) in [5.74, 6) is -2.40. The highest BCUT2D eigenvalue weighted by molar-refractivity contribution is 7.90. The highest BCUT2D eigenvalue weighted by Gasteiger charge is 2.42. The molecule has 143 heavy (non-hydrogen) atoms. The standard InChI is InChI=1S/C27H30Cl2N6O3S.C23H21Cl2N5O5S.C22H21Cl2N5O4S.C22H19Cl2N5O4S/c1-19(21-7-5-20(6-8-21)17-33-12-3-2-4-13-33)34-18-22(31-32-34)15-26-27(36)30-11-14-35(26)39(37,38)23-9-10-24(28)25(29)16-23;1-14(15-3-5-16(6-4-15)23(32)35-2)29-13-17(27-28-29)11-21-22(31)26-9-10-30(21)36(33,34)18-7-8-19(24)20(25)12-18;2*1-14(16-4-2-15(13-30)3-5-16)28-12-17(26-27-28)10-21-22(31)25-8-9-29(21)34(32,33)18-6-7-19(23)20(24)11-18/h5-11,14,16,18-19,26H,2-4,12-13,15,17H2,1H3,(H,30,36);3-10,12-14,21H,11H2,1-2H3,(H,26,31);2-9,11-12,14,21,30H,10,13H2,1H3,(H,25,31);2-9,11-14,21H,10H2,1H3,(H,25,31)/t19-,26-;3*14-,21-/m1111/s1. The van der Waals surface area contributed by atoms with Crippen molar-refractivity contribution in [1.29, 1.82) is 0 Å². The number of aromatic nitrogens is 12. The van der Waals surface area contributed by atoms with Crippen LogP contribution >= 0.6 is 92.8 Å². The molecule has 12 aromatic rings. The van der Waals surface area contributed by atoms with Gasteiger partial charge in [-0.3, -0.25) is 46.1 Å². The number of halogens is 8. The molecular weight excluding hydrogens is 2090 g/mol. The average molecular weight is 2180 g/mol. The van der Waals surface area contributed by atoms with Crippen molar-refractivity contribution < 1.29 is 72.3 Å². The number of hydrogen-bond acceptors (Lipinski definition) is 25. The molecule has 5 N–H and O–H groups in total. The van der Waals surface area contributed by atoms with Crippen LogP contribution in [0.25, 0.3) is 0 Å². The second-order valence-electron chi connectivity index (χ2n) is 33.2. The Balaban J connectivity index is 0.000000152. The van der Waals surface area contributed by atoms with E-state index in [0.717, 1.165) is 71.0 Å². The number of methoxy groups -OCH3 is 1. The molecule has 4 aromatic heterocycles. The lowest BCUT2D eigenvalue weighted by atomic mass is 10.0. The predicted molar refractivity (Wildman–Crippen MR) is 534 cm³/mol. The van der Waals surface area contributed by atoms with Crippen molar-refractivity contribution in [3.63, 3.8) is 0 Å². The number of aliphatic hydroxyl groups is 1. The number of ether oxygens (including phenoxy) is 1. The van der Waals surface area contributed by atoms with Crippen molar-refractivity contribution in [3.8, 4) is 0 Å². The molecule has 5 aliphatic rings. The van der Waals surface area contributed by atoms with Gasteiger partial charge in [0.15, 0.2) is 0 Å². The van der Waals surface area contributed by atoms with Gasteiger partial charge in [-0.25, -0.2) is 57.2 Å². The third-order valence-electron chi connectivity index (χ3n) is 23.9. The van der Waals surface area contributed by atoms with Gasteiger partial charge in [-0.2, -0.15) is 0 Å². The Bertz CT molecular complexity index is 7340. The van der Waals surface area contributed by atoms with Crippen LogP contribution in [0.4, 0.5) is 0 Å². The summed E-state index contributed by atoms with van der Waals surface area (Å²) in [4.78, 5) is 75.4. The molecule has 0 aliphatic carbocycles. The van der Waals surface area contributed by atoms with E-state index < -0.39 is 93.9 Å². The molecule has 0 saturated carbocycles. The van der Waals surface area contributed by atoms with Crippen molar-refractivity contribution in [2.75, 3.05) is 20.2 Å². The van der Waals surface area contributed by atoms with Gasteiger partial charge in [0.2, 0.25) is 23.6 Å². The highest BCUT2D eigenvalue weighted by atomic mass is 35.5. The number of hydrogen-bond donors (Lipinski definition) is 5. The van der Waals surface area contributed by atoms with Gasteiger partial charge in [0.1, 0.15) is 30.5 Å². The van der Waals surface area contributed by atoms with E-state index in [0.29, 0.717) is 33.9 Å². The average Bonchev–Trinajstić information content (AvgIpc) is 1.31. The number of likely N-dealkylation sites (tertiary alicyclic amines) is 1. The molecule has 0 radical (unpaired) electrons. The summed E-state index contributed by atoms with van der Waals surface area (Å²) >= 11 is 47.8. The van der Waals surface area contributed by atoms with E-state index in [2.05, 4.69) is 91.7 Å². The van der Waals surface area contributed by atoms with Crippen LogP contribution in [-0.2, 0) is 103 Å². The molecule has 8 aromatic carbocycles. The first-order chi connectivity index (χ1) is 68.2. The Morgan fingerprint density at radius 1 is 0.385 bits per heavy atom. The fourth-order valence-electron chi connectivity index (χ4n) is 15.6. The fraction of sp³-hybridized carbons (Fsp3) is 0.255. The zero-order valence-electron chi connectivity index (χ0n) is 76.4. The van der Waals surface area contributed by atoms with E-state index in [1.165, 1.54) is 154 Å². The van der Waals surface area contributed by atoms with Gasteiger partial charge in [-0.05, 0) is 172 Å². The fourth-order valence-corrected chi connectivity index (χ4v) is 23.0. The molecule has 748 valence electrons. The van der Waals surface area contributed by atoms with Gasteiger partial charge in [-0.15, -0.1) is 20.4 Å². The summed E-state index contributed by atoms with van der Waals surface area (Å²) in [5.41, 5.74) is 8.66. The van der Waals surface area contributed by atoms with Crippen molar-refractivity contribution in [2.24, 2.45) is 0 Å². The van der Waals surface area contributed by atoms with Gasteiger partial charge in [0.25, 0.3) is 40.1 Å². The molecule has 8 atom stereocenters. The minimum Gasteiger partial charge on any atom is -0.465 e. The Hall–Kier alpha value is -12.5. The molecule has 5 aliphatic heterocycles. The summed E-state index contributed by atoms with van der Waals surface area (Å²) in [7, 11) is -15.1. The molecule has 4 amide bonds. The number of piperidine rings is 1. The van der Waals surface area contributed by atoms with E-state index in [4.69, 9.17) is 97.5 Å². The van der Waals surface area contributed by atoms with Crippen molar-refractivity contribution in [3.05, 3.63) is 352 Å². The minimum absolute atomic E-state index is 0.00642. The first kappa shape index (κ1) is 106. The lowest BCUT2D eigenvalue weighted by Crippen LogP contribution is -2.50. The molecule has 17 rings (SSSR count). The maximum Gasteiger partial charge on any atom is 0.337 e. The number of amides is 4. The van der Waals surface area contributed by atoms with Crippen LogP contribution in [0.3, 0.4) is 0 Å². The monoisotopic (exact) mass is 2180 g/mol. The number of rotatable bonds is 29. The van der Waals surface area contributed by atoms with Crippen LogP contribution in [0.2, 0.25) is 40.2 Å². The SMILES string of the molecule is COC(=O)c1ccc([C@@H](C)n2cc(C[C@@H]3C(=O)NC=CN3S(=O)(=O)c3ccc(Cl)c(Cl)c3)nn2)cc1.C[C@H](c1ccc(C=O)cc1)n1cc(C[C@@H]2C(=O)NC=CN2S(=O)(=O)c2ccc(Cl)c(Cl)c2)nn1.C[C@H](c1ccc(CN2CCCCC2)cc1)n1cc(C[C@@H]2C(=O)NC=CN2S(=O)(=O)c2ccc(Cl)c(Cl)c2)nn1.C[C@H](c1ccc(CO)cc1)n1cc(C[C@@H]2C(=O)NC=CN2S(=O)(=O)c2ccc(Cl)c(Cl)c2)nn1. The maximum absolute atomic E-state index is 13.4. The van der Waals surface area contributed by atoms with Crippen molar-refractivity contribution in [1.82, 2.24) is 103 Å². The van der Waals surface area contributed by atoms with Gasteiger partial charge >= 0.3 is 5.97 Å². The Morgan fingerprint density at radius 2 is 0.650 bits per heavy atom. The van der Waals surface area contributed by atoms with Crippen molar-refractivity contribution >= 4 is 169 Å². The number of carbonyl (C=O) groups excluding carboxylic acids is 6. The number of aliphatic hydroxyl groups excluding tert-OH is 1. The zero-order chi connectivity index (χ0) is 103. The third kappa shape index (κ3) is 25.1. The van der Waals surface area contributed by atoms with Gasteiger partial charge in [-0.1, -0.05) is 205 Å². The van der Waals surface area contributed by atoms with Gasteiger partial charge < -0.3 is 31.1 Å². The van der Waals surface area contributed by atoms with Gasteiger partial charge in [0.05, 0.1) is 126 Å². The number of benzene rings is 8. The second-order valence-corrected chi connectivity index (χ2v) is 43.8. The third-order valence-corrected chi connectivity index (χ3v) is 33.9. The first-order valence-electron chi connectivity index (χ1n) is 43.9. The molecule has 0 spiro atoms. The first-order valence-corrected chi connectivity index (χ1v) is 52.7. The highest BCUT2D eigenvalue weighted by Crippen LogP contribution is 2.36. The number of aldehydes is 1. The topological polar surface area (TPSA) is 456 Å². The van der Waals surface area contributed by atoms with Crippen molar-refractivity contribution in [2.45, 2.75) is 154 Å². The number of esters is 1. The summed E-state index contributed by atoms with van der Waals surface area (Å²) in [6.07, 6.45) is 21.6. The van der Waals surface area contributed by atoms with E-state index in [1.807, 2.05) is 64.1 Å². The molecule has 9 heterocycles. The maximum atomic E-state index is 13.4. The second kappa shape index (κ2) is 46.5. The smallest absolute Gasteiger partial charge is 0.337 e. The molecule has 37 nitrogen and oxygen atoms in total. The van der Waals surface area contributed by atoms with Crippen LogP contribution < -0.4 is 21.3 Å². The van der Waals surface area contributed by atoms with E-state index in [-0.39, 0.29) is 116 Å². The Kier molecular flexibility index (Phi) is 34.6. The molecule has 1 fully saturated rings. The summed E-state index contributed by atoms with van der Waals surface area (Å²) in [6.45, 7) is 11.0. The van der Waals surface area contributed by atoms with E-state index >= 15 is 0 Å². The van der Waals surface area contributed by atoms with Crippen LogP contribution in [0, 0.1) is 0 Å². The molecule has 0 bridgehead atoms. The largest absolute Gasteiger partial charge is 0.465 e. The molecule has 0 unspecified atom stereocenters. The number of nitrogens with zero attached hydrogens (tertiary/aromatic N) is 17. The van der Waals surface area contributed by atoms with Gasteiger partial charge in [0, 0.05) is 112 Å². The molecule has 49 heteroatoms. The van der Waals surface area contributed by atoms with E-state index in [9.17, 15) is 67.5 Å². The summed E-state index contributed by atoms with van der Waals surface area (Å²) in [5, 5.41) is 54.1. The number of sulfonamides is 4. The van der Waals surface area contributed by atoms with Crippen LogP contribution in [-0.4, -0.2) is 201 Å². The molecular formula is C94H91Cl8N21O16S4. The Labute approximate surface area is 863 Å². The Morgan fingerprint density at radius 3 is 0.909 bits per heavy atom. The van der Waals surface area contributed by atoms with Crippen LogP contribution in [0.15, 0.2) is 264 Å². The van der Waals surface area contributed by atoms with Crippen LogP contribution in [0.5, 0.6) is 0 Å². The van der Waals surface area contributed by atoms with E-state index in [1.54, 1.807) is 79.9 Å².